The van der Waals surface area contributed by atoms with Gasteiger partial charge in [-0.1, -0.05) is 20.8 Å². The molecule has 2 bridgehead atoms. The smallest absolute Gasteiger partial charge is 0.252 e. The summed E-state index contributed by atoms with van der Waals surface area (Å²) in [7, 11) is 0. The first-order valence-corrected chi connectivity index (χ1v) is 7.51. The lowest BCUT2D eigenvalue weighted by Gasteiger charge is -2.39. The van der Waals surface area contributed by atoms with Crippen LogP contribution in [0.2, 0.25) is 0 Å². The number of carbonyl (C=O) groups excluding carboxylic acids is 2. The van der Waals surface area contributed by atoms with E-state index in [-0.39, 0.29) is 29.2 Å². The molecule has 0 radical (unpaired) electrons. The summed E-state index contributed by atoms with van der Waals surface area (Å²) in [5.41, 5.74) is 2.65. The molecule has 0 aromatic heterocycles. The SMILES string of the molecule is CCONC(=O)CC(=O)N[C@H]1C[C@@H]2CC[C@@]1(C)C2(C)C. The van der Waals surface area contributed by atoms with Crippen molar-refractivity contribution < 1.29 is 14.4 Å². The van der Waals surface area contributed by atoms with Crippen LogP contribution in [-0.2, 0) is 14.4 Å². The van der Waals surface area contributed by atoms with Crippen molar-refractivity contribution in [1.82, 2.24) is 10.8 Å². The summed E-state index contributed by atoms with van der Waals surface area (Å²) in [4.78, 5) is 28.2. The molecule has 2 rings (SSSR count). The van der Waals surface area contributed by atoms with Crippen molar-refractivity contribution in [3.8, 4) is 0 Å². The van der Waals surface area contributed by atoms with Crippen molar-refractivity contribution >= 4 is 11.8 Å². The Bertz CT molecular complexity index is 408. The summed E-state index contributed by atoms with van der Waals surface area (Å²) >= 11 is 0. The van der Waals surface area contributed by atoms with Gasteiger partial charge in [-0.3, -0.25) is 14.4 Å². The van der Waals surface area contributed by atoms with E-state index in [0.717, 1.165) is 12.8 Å². The number of rotatable bonds is 5. The Morgan fingerprint density at radius 1 is 1.25 bits per heavy atom. The molecule has 0 spiro atoms. The van der Waals surface area contributed by atoms with Crippen molar-refractivity contribution in [2.75, 3.05) is 6.61 Å². The van der Waals surface area contributed by atoms with Gasteiger partial charge < -0.3 is 5.32 Å². The fraction of sp³-hybridized carbons (Fsp3) is 0.867. The molecular weight excluding hydrogens is 256 g/mol. The number of amides is 2. The van der Waals surface area contributed by atoms with E-state index in [9.17, 15) is 9.59 Å². The Kier molecular flexibility index (Phi) is 4.09. The number of carbonyl (C=O) groups is 2. The second-order valence-electron chi connectivity index (χ2n) is 6.87. The molecule has 5 nitrogen and oxygen atoms in total. The van der Waals surface area contributed by atoms with Gasteiger partial charge in [0.05, 0.1) is 6.61 Å². The van der Waals surface area contributed by atoms with E-state index in [1.807, 2.05) is 0 Å². The average Bonchev–Trinajstić information content (AvgIpc) is 2.69. The second kappa shape index (κ2) is 5.35. The first kappa shape index (κ1) is 15.3. The second-order valence-corrected chi connectivity index (χ2v) is 6.87. The number of hydrogen-bond donors (Lipinski definition) is 2. The predicted octanol–water partition coefficient (Wildman–Crippen LogP) is 1.78. The van der Waals surface area contributed by atoms with Crippen LogP contribution in [0.4, 0.5) is 0 Å². The Morgan fingerprint density at radius 2 is 1.95 bits per heavy atom. The van der Waals surface area contributed by atoms with E-state index in [1.54, 1.807) is 6.92 Å². The monoisotopic (exact) mass is 282 g/mol. The molecule has 0 heterocycles. The van der Waals surface area contributed by atoms with Crippen molar-refractivity contribution in [2.45, 2.75) is 59.4 Å². The number of fused-ring (bicyclic) bond motifs is 2. The summed E-state index contributed by atoms with van der Waals surface area (Å²) in [6.07, 6.45) is 3.27. The van der Waals surface area contributed by atoms with E-state index < -0.39 is 5.91 Å². The molecule has 2 N–H and O–H groups in total. The van der Waals surface area contributed by atoms with Gasteiger partial charge in [0.1, 0.15) is 6.42 Å². The highest BCUT2D eigenvalue weighted by molar-refractivity contribution is 5.96. The van der Waals surface area contributed by atoms with Crippen LogP contribution in [0.15, 0.2) is 0 Å². The van der Waals surface area contributed by atoms with E-state index in [2.05, 4.69) is 31.6 Å². The first-order valence-electron chi connectivity index (χ1n) is 7.51. The van der Waals surface area contributed by atoms with Crippen LogP contribution in [0.1, 0.15) is 53.4 Å². The third-order valence-electron chi connectivity index (χ3n) is 5.78. The van der Waals surface area contributed by atoms with Crippen LogP contribution < -0.4 is 10.8 Å². The number of hydroxylamine groups is 1. The van der Waals surface area contributed by atoms with E-state index in [0.29, 0.717) is 12.5 Å². The zero-order chi connectivity index (χ0) is 15.0. The van der Waals surface area contributed by atoms with Gasteiger partial charge in [-0.05, 0) is 42.9 Å². The molecule has 2 amide bonds. The van der Waals surface area contributed by atoms with Crippen LogP contribution >= 0.6 is 0 Å². The lowest BCUT2D eigenvalue weighted by atomic mass is 9.69. The van der Waals surface area contributed by atoms with E-state index in [4.69, 9.17) is 4.84 Å². The quantitative estimate of drug-likeness (QED) is 0.596. The lowest BCUT2D eigenvalue weighted by Crippen LogP contribution is -2.47. The predicted molar refractivity (Wildman–Crippen MR) is 75.5 cm³/mol. The molecule has 114 valence electrons. The molecular formula is C15H26N2O3. The standard InChI is InChI=1S/C15H26N2O3/c1-5-20-17-13(19)9-12(18)16-11-8-10-6-7-15(11,4)14(10,2)3/h10-11H,5-9H2,1-4H3,(H,16,18)(H,17,19)/t10-,11-,15+/m0/s1. The fourth-order valence-electron chi connectivity index (χ4n) is 4.00. The summed E-state index contributed by atoms with van der Waals surface area (Å²) in [6.45, 7) is 9.05. The average molecular weight is 282 g/mol. The maximum atomic E-state index is 12.0. The molecule has 20 heavy (non-hydrogen) atoms. The Labute approximate surface area is 120 Å². The van der Waals surface area contributed by atoms with E-state index >= 15 is 0 Å². The first-order chi connectivity index (χ1) is 9.31. The van der Waals surface area contributed by atoms with Gasteiger partial charge in [-0.25, -0.2) is 5.48 Å². The highest BCUT2D eigenvalue weighted by atomic mass is 16.6. The molecule has 2 saturated carbocycles. The van der Waals surface area contributed by atoms with Gasteiger partial charge in [0, 0.05) is 6.04 Å². The van der Waals surface area contributed by atoms with Crippen LogP contribution in [0, 0.1) is 16.7 Å². The highest BCUT2D eigenvalue weighted by Crippen LogP contribution is 2.65. The summed E-state index contributed by atoms with van der Waals surface area (Å²) in [5.74, 6) is 0.0729. The molecule has 0 aromatic rings. The van der Waals surface area contributed by atoms with Crippen molar-refractivity contribution in [3.05, 3.63) is 0 Å². The Hall–Kier alpha value is -1.10. The molecule has 0 unspecified atom stereocenters. The third kappa shape index (κ3) is 2.43. The molecule has 0 saturated heterocycles. The van der Waals surface area contributed by atoms with Crippen LogP contribution in [0.25, 0.3) is 0 Å². The number of hydrogen-bond acceptors (Lipinski definition) is 3. The minimum absolute atomic E-state index is 0.143. The summed E-state index contributed by atoms with van der Waals surface area (Å²) in [6, 6.07) is 0.184. The van der Waals surface area contributed by atoms with Gasteiger partial charge in [-0.15, -0.1) is 0 Å². The molecule has 2 aliphatic carbocycles. The Morgan fingerprint density at radius 3 is 2.45 bits per heavy atom. The molecule has 2 aliphatic rings. The minimum Gasteiger partial charge on any atom is -0.352 e. The van der Waals surface area contributed by atoms with Crippen molar-refractivity contribution in [3.63, 3.8) is 0 Å². The third-order valence-corrected chi connectivity index (χ3v) is 5.78. The van der Waals surface area contributed by atoms with Crippen LogP contribution in [-0.4, -0.2) is 24.5 Å². The van der Waals surface area contributed by atoms with Gasteiger partial charge >= 0.3 is 0 Å². The highest BCUT2D eigenvalue weighted by Gasteiger charge is 2.61. The maximum absolute atomic E-state index is 12.0. The van der Waals surface area contributed by atoms with Crippen molar-refractivity contribution in [1.29, 1.82) is 0 Å². The van der Waals surface area contributed by atoms with Crippen LogP contribution in [0.3, 0.4) is 0 Å². The zero-order valence-electron chi connectivity index (χ0n) is 12.9. The minimum atomic E-state index is -0.392. The van der Waals surface area contributed by atoms with Gasteiger partial charge in [-0.2, -0.15) is 0 Å². The molecule has 0 aromatic carbocycles. The van der Waals surface area contributed by atoms with Crippen LogP contribution in [0.5, 0.6) is 0 Å². The molecule has 3 atom stereocenters. The van der Waals surface area contributed by atoms with Crippen molar-refractivity contribution in [2.24, 2.45) is 16.7 Å². The summed E-state index contributed by atoms with van der Waals surface area (Å²) in [5, 5.41) is 3.06. The van der Waals surface area contributed by atoms with Gasteiger partial charge in [0.2, 0.25) is 5.91 Å². The fourth-order valence-corrected chi connectivity index (χ4v) is 4.00. The molecule has 0 aliphatic heterocycles. The lowest BCUT2D eigenvalue weighted by molar-refractivity contribution is -0.138. The zero-order valence-corrected chi connectivity index (χ0v) is 12.9. The summed E-state index contributed by atoms with van der Waals surface area (Å²) < 4.78 is 0. The topological polar surface area (TPSA) is 67.4 Å². The Balaban J connectivity index is 1.89. The van der Waals surface area contributed by atoms with Gasteiger partial charge in [0.25, 0.3) is 5.91 Å². The van der Waals surface area contributed by atoms with E-state index in [1.165, 1.54) is 6.42 Å². The molecule has 5 heteroatoms. The molecule has 2 fully saturated rings. The number of nitrogens with one attached hydrogen (secondary N) is 2. The largest absolute Gasteiger partial charge is 0.352 e. The maximum Gasteiger partial charge on any atom is 0.252 e. The normalized spacial score (nSPS) is 34.0. The van der Waals surface area contributed by atoms with Gasteiger partial charge in [0.15, 0.2) is 0 Å².